The van der Waals surface area contributed by atoms with Crippen molar-refractivity contribution in [3.05, 3.63) is 84.6 Å². The lowest BCUT2D eigenvalue weighted by molar-refractivity contribution is -0.127. The van der Waals surface area contributed by atoms with Crippen LogP contribution in [0, 0.1) is 0 Å². The number of hydrogen-bond donors (Lipinski definition) is 4. The number of carbonyl (C=O) groups is 1. The number of aliphatic hydroxyl groups is 1. The van der Waals surface area contributed by atoms with E-state index >= 15 is 0 Å². The number of thiophene rings is 1. The first-order chi connectivity index (χ1) is 21.7. The monoisotopic (exact) mass is 654 g/mol. The van der Waals surface area contributed by atoms with Crippen molar-refractivity contribution in [2.24, 2.45) is 0 Å². The van der Waals surface area contributed by atoms with Crippen LogP contribution in [-0.2, 0) is 24.1 Å². The van der Waals surface area contributed by atoms with Crippen LogP contribution in [0.3, 0.4) is 0 Å². The first-order valence-corrected chi connectivity index (χ1v) is 17.1. The van der Waals surface area contributed by atoms with Crippen molar-refractivity contribution in [1.82, 2.24) is 20.1 Å². The standard InChI is InChI=1S/C33H39FN4O5S2/c1-2-24-16-23(19-44-24)31(41)38-12-13-43-33(20-38)8-10-37(11-9-33)18-22-5-3-4-21(14-22)15-28(34)35-17-27(40)25-6-7-26(39)29-30(25)45-32(42)36-29/h3-7,14,16,19,27-28,35,39-40H,2,8-13,15,17-18,20H2,1H3,(H,36,42). The first kappa shape index (κ1) is 31.8. The van der Waals surface area contributed by atoms with Crippen LogP contribution in [0.25, 0.3) is 10.2 Å². The number of halogens is 1. The molecule has 0 aliphatic carbocycles. The lowest BCUT2D eigenvalue weighted by Crippen LogP contribution is -2.57. The summed E-state index contributed by atoms with van der Waals surface area (Å²) in [4.78, 5) is 32.7. The molecular weight excluding hydrogens is 616 g/mol. The second-order valence-electron chi connectivity index (χ2n) is 12.0. The number of aromatic amines is 1. The van der Waals surface area contributed by atoms with Gasteiger partial charge in [0.25, 0.3) is 5.91 Å². The topological polar surface area (TPSA) is 118 Å². The molecule has 9 nitrogen and oxygen atoms in total. The lowest BCUT2D eigenvalue weighted by atomic mass is 9.89. The molecule has 0 bridgehead atoms. The molecule has 2 saturated heterocycles. The molecule has 12 heteroatoms. The van der Waals surface area contributed by atoms with E-state index in [0.29, 0.717) is 30.0 Å². The second kappa shape index (κ2) is 13.7. The van der Waals surface area contributed by atoms with Crippen molar-refractivity contribution >= 4 is 38.8 Å². The van der Waals surface area contributed by atoms with Gasteiger partial charge in [-0.25, -0.2) is 4.39 Å². The Morgan fingerprint density at radius 2 is 1.98 bits per heavy atom. The van der Waals surface area contributed by atoms with Crippen molar-refractivity contribution in [2.45, 2.75) is 57.2 Å². The largest absolute Gasteiger partial charge is 0.506 e. The molecule has 4 N–H and O–H groups in total. The summed E-state index contributed by atoms with van der Waals surface area (Å²) in [5.74, 6) is 0.0277. The highest BCUT2D eigenvalue weighted by molar-refractivity contribution is 7.16. The number of benzene rings is 2. The third kappa shape index (κ3) is 7.32. The van der Waals surface area contributed by atoms with Crippen LogP contribution in [0.1, 0.15) is 57.8 Å². The molecule has 2 unspecified atom stereocenters. The fraction of sp³-hybridized carbons (Fsp3) is 0.455. The number of rotatable bonds is 10. The van der Waals surface area contributed by atoms with Crippen LogP contribution in [0.5, 0.6) is 5.75 Å². The van der Waals surface area contributed by atoms with E-state index < -0.39 is 12.4 Å². The fourth-order valence-corrected chi connectivity index (χ4v) is 8.07. The number of aliphatic hydroxyl groups excluding tert-OH is 1. The molecular formula is C33H39FN4O5S2. The van der Waals surface area contributed by atoms with E-state index in [0.717, 1.165) is 66.9 Å². The van der Waals surface area contributed by atoms with Gasteiger partial charge in [0, 0.05) is 55.0 Å². The number of likely N-dealkylation sites (tertiary alicyclic amines) is 1. The van der Waals surface area contributed by atoms with Gasteiger partial charge < -0.3 is 24.8 Å². The molecule has 45 heavy (non-hydrogen) atoms. The summed E-state index contributed by atoms with van der Waals surface area (Å²) < 4.78 is 21.7. The molecule has 2 atom stereocenters. The number of hydrogen-bond acceptors (Lipinski definition) is 9. The predicted octanol–water partition coefficient (Wildman–Crippen LogP) is 4.59. The van der Waals surface area contributed by atoms with E-state index in [2.05, 4.69) is 28.2 Å². The number of phenols is 1. The third-order valence-electron chi connectivity index (χ3n) is 8.84. The maximum absolute atomic E-state index is 15.0. The molecule has 0 saturated carbocycles. The van der Waals surface area contributed by atoms with E-state index in [1.54, 1.807) is 17.4 Å². The second-order valence-corrected chi connectivity index (χ2v) is 14.0. The van der Waals surface area contributed by atoms with E-state index in [1.807, 2.05) is 34.5 Å². The van der Waals surface area contributed by atoms with Gasteiger partial charge in [-0.2, -0.15) is 0 Å². The van der Waals surface area contributed by atoms with Crippen LogP contribution in [0.4, 0.5) is 4.39 Å². The van der Waals surface area contributed by atoms with Crippen molar-refractivity contribution in [1.29, 1.82) is 0 Å². The number of aromatic nitrogens is 1. The molecule has 2 aromatic carbocycles. The molecule has 1 amide bonds. The Labute approximate surface area is 269 Å². The number of thiazole rings is 1. The van der Waals surface area contributed by atoms with Gasteiger partial charge in [-0.05, 0) is 42.5 Å². The number of aromatic hydroxyl groups is 1. The number of amides is 1. The Bertz CT molecular complexity index is 1700. The number of carbonyl (C=O) groups excluding carboxylic acids is 1. The zero-order valence-corrected chi connectivity index (χ0v) is 26.9. The van der Waals surface area contributed by atoms with Crippen LogP contribution in [-0.4, -0.2) is 82.1 Å². The van der Waals surface area contributed by atoms with E-state index in [4.69, 9.17) is 4.74 Å². The normalized spacial score (nSPS) is 18.4. The zero-order chi connectivity index (χ0) is 31.6. The van der Waals surface area contributed by atoms with Crippen LogP contribution in [0.2, 0.25) is 0 Å². The number of fused-ring (bicyclic) bond motifs is 1. The van der Waals surface area contributed by atoms with Gasteiger partial charge in [-0.3, -0.25) is 19.8 Å². The zero-order valence-electron chi connectivity index (χ0n) is 25.3. The van der Waals surface area contributed by atoms with Crippen molar-refractivity contribution in [3.63, 3.8) is 0 Å². The summed E-state index contributed by atoms with van der Waals surface area (Å²) in [7, 11) is 0. The van der Waals surface area contributed by atoms with Gasteiger partial charge in [0.2, 0.25) is 0 Å². The van der Waals surface area contributed by atoms with Gasteiger partial charge in [-0.15, -0.1) is 11.3 Å². The van der Waals surface area contributed by atoms with Gasteiger partial charge in [0.1, 0.15) is 11.3 Å². The SMILES string of the molecule is CCc1cc(C(=O)N2CCOC3(CCN(Cc4cccc(CC(F)NCC(O)c5ccc(O)c6[nH]c(=O)sc56)c4)CC3)C2)cs1. The molecule has 2 fully saturated rings. The Morgan fingerprint density at radius 1 is 1.18 bits per heavy atom. The minimum absolute atomic E-state index is 0.0412. The average molecular weight is 655 g/mol. The maximum Gasteiger partial charge on any atom is 0.305 e. The summed E-state index contributed by atoms with van der Waals surface area (Å²) in [6, 6.07) is 12.9. The minimum atomic E-state index is -1.38. The molecule has 6 rings (SSSR count). The quantitative estimate of drug-likeness (QED) is 0.185. The lowest BCUT2D eigenvalue weighted by Gasteiger charge is -2.47. The Kier molecular flexibility index (Phi) is 9.69. The highest BCUT2D eigenvalue weighted by atomic mass is 32.1. The number of ether oxygens (including phenoxy) is 1. The van der Waals surface area contributed by atoms with Crippen LogP contribution < -0.4 is 10.2 Å². The molecule has 0 radical (unpaired) electrons. The number of nitrogens with one attached hydrogen (secondary N) is 2. The Balaban J connectivity index is 0.989. The summed E-state index contributed by atoms with van der Waals surface area (Å²) in [5, 5.41) is 25.4. The number of nitrogens with zero attached hydrogens (tertiary/aromatic N) is 2. The van der Waals surface area contributed by atoms with Gasteiger partial charge >= 0.3 is 4.87 Å². The fourth-order valence-electron chi connectivity index (χ4n) is 6.34. The Morgan fingerprint density at radius 3 is 2.76 bits per heavy atom. The number of alkyl halides is 1. The molecule has 2 aliphatic rings. The number of H-pyrrole nitrogens is 1. The first-order valence-electron chi connectivity index (χ1n) is 15.4. The number of aryl methyl sites for hydroxylation is 1. The summed E-state index contributed by atoms with van der Waals surface area (Å²) in [6.45, 7) is 6.32. The summed E-state index contributed by atoms with van der Waals surface area (Å²) in [6.07, 6.45) is 0.366. The van der Waals surface area contributed by atoms with Gasteiger partial charge in [0.05, 0.1) is 35.1 Å². The molecule has 2 aromatic heterocycles. The van der Waals surface area contributed by atoms with Crippen LogP contribution >= 0.6 is 22.7 Å². The van der Waals surface area contributed by atoms with Crippen molar-refractivity contribution < 1.29 is 24.1 Å². The predicted molar refractivity (Wildman–Crippen MR) is 175 cm³/mol. The number of phenolic OH excluding ortho intramolecular Hbond substituents is 1. The maximum atomic E-state index is 15.0. The molecule has 2 aliphatic heterocycles. The molecule has 4 heterocycles. The molecule has 240 valence electrons. The number of morpholine rings is 1. The minimum Gasteiger partial charge on any atom is -0.506 e. The van der Waals surface area contributed by atoms with E-state index in [-0.39, 0.29) is 40.6 Å². The van der Waals surface area contributed by atoms with E-state index in [9.17, 15) is 24.2 Å². The van der Waals surface area contributed by atoms with Gasteiger partial charge in [0.15, 0.2) is 6.30 Å². The van der Waals surface area contributed by atoms with Crippen LogP contribution in [0.15, 0.2) is 52.6 Å². The number of piperidine rings is 1. The third-order valence-corrected chi connectivity index (χ3v) is 10.9. The molecule has 1 spiro atoms. The summed E-state index contributed by atoms with van der Waals surface area (Å²) >= 11 is 2.54. The van der Waals surface area contributed by atoms with Crippen molar-refractivity contribution in [2.75, 3.05) is 39.3 Å². The van der Waals surface area contributed by atoms with Gasteiger partial charge in [-0.1, -0.05) is 48.6 Å². The highest BCUT2D eigenvalue weighted by Crippen LogP contribution is 2.33. The highest BCUT2D eigenvalue weighted by Gasteiger charge is 2.41. The average Bonchev–Trinajstić information content (AvgIpc) is 3.68. The Hall–Kier alpha value is -3.13. The molecule has 4 aromatic rings. The van der Waals surface area contributed by atoms with E-state index in [1.165, 1.54) is 10.9 Å². The summed E-state index contributed by atoms with van der Waals surface area (Å²) in [5.41, 5.74) is 3.18. The van der Waals surface area contributed by atoms with Crippen molar-refractivity contribution in [3.8, 4) is 5.75 Å². The smallest absolute Gasteiger partial charge is 0.305 e.